The van der Waals surface area contributed by atoms with Crippen LogP contribution in [0.25, 0.3) is 0 Å². The highest BCUT2D eigenvalue weighted by molar-refractivity contribution is 5.73. The summed E-state index contributed by atoms with van der Waals surface area (Å²) in [5.41, 5.74) is 0. The van der Waals surface area contributed by atoms with Crippen LogP contribution in [0.1, 0.15) is 6.42 Å². The molecule has 0 aromatic carbocycles. The van der Waals surface area contributed by atoms with E-state index in [4.69, 9.17) is 14.6 Å². The average molecular weight is 191 g/mol. The van der Waals surface area contributed by atoms with Crippen LogP contribution in [0.4, 0.5) is 0 Å². The molecule has 5 heteroatoms. The van der Waals surface area contributed by atoms with Crippen LogP contribution in [-0.2, 0) is 14.3 Å². The molecule has 78 valence electrons. The predicted molar refractivity (Wildman–Crippen MR) is 47.8 cm³/mol. The lowest BCUT2D eigenvalue weighted by atomic mass is 10.2. The van der Waals surface area contributed by atoms with Gasteiger partial charge in [0, 0.05) is 13.7 Å². The molecule has 0 aromatic rings. The summed E-state index contributed by atoms with van der Waals surface area (Å²) in [6.45, 7) is 1.48. The van der Waals surface area contributed by atoms with E-state index in [9.17, 15) is 4.79 Å². The number of nitrogens with one attached hydrogen (secondary N) is 1. The van der Waals surface area contributed by atoms with Crippen molar-refractivity contribution >= 4 is 5.97 Å². The molecule has 2 N–H and O–H groups in total. The van der Waals surface area contributed by atoms with E-state index in [1.807, 2.05) is 0 Å². The van der Waals surface area contributed by atoms with Crippen LogP contribution in [0.5, 0.6) is 0 Å². The third-order valence-electron chi connectivity index (χ3n) is 1.63. The SMILES string of the molecule is CNC(CCOCCOC)C(=O)O. The van der Waals surface area contributed by atoms with Crippen LogP contribution in [0.2, 0.25) is 0 Å². The van der Waals surface area contributed by atoms with Gasteiger partial charge in [-0.3, -0.25) is 4.79 Å². The smallest absolute Gasteiger partial charge is 0.320 e. The Morgan fingerprint density at radius 3 is 2.62 bits per heavy atom. The second-order valence-corrected chi connectivity index (χ2v) is 2.57. The van der Waals surface area contributed by atoms with Crippen LogP contribution in [0.3, 0.4) is 0 Å². The standard InChI is InChI=1S/C8H17NO4/c1-9-7(8(10)11)3-4-13-6-5-12-2/h7,9H,3-6H2,1-2H3,(H,10,11). The molecule has 0 aromatic heterocycles. The summed E-state index contributed by atoms with van der Waals surface area (Å²) in [6.07, 6.45) is 0.468. The van der Waals surface area contributed by atoms with Gasteiger partial charge in [0.2, 0.25) is 0 Å². The Labute approximate surface area is 78.0 Å². The van der Waals surface area contributed by atoms with Crippen LogP contribution < -0.4 is 5.32 Å². The molecule has 1 atom stereocenters. The van der Waals surface area contributed by atoms with E-state index >= 15 is 0 Å². The van der Waals surface area contributed by atoms with Gasteiger partial charge < -0.3 is 19.9 Å². The van der Waals surface area contributed by atoms with Crippen molar-refractivity contribution < 1.29 is 19.4 Å². The Bertz CT molecular complexity index is 140. The number of carboxylic acids is 1. The van der Waals surface area contributed by atoms with E-state index in [-0.39, 0.29) is 0 Å². The molecule has 0 saturated heterocycles. The second-order valence-electron chi connectivity index (χ2n) is 2.57. The molecule has 0 radical (unpaired) electrons. The molecule has 0 aliphatic rings. The molecule has 0 aliphatic heterocycles. The van der Waals surface area contributed by atoms with Crippen LogP contribution in [-0.4, -0.2) is 51.1 Å². The van der Waals surface area contributed by atoms with Gasteiger partial charge >= 0.3 is 5.97 Å². The Hall–Kier alpha value is -0.650. The van der Waals surface area contributed by atoms with Gasteiger partial charge in [0.15, 0.2) is 0 Å². The van der Waals surface area contributed by atoms with E-state index in [1.54, 1.807) is 14.2 Å². The predicted octanol–water partition coefficient (Wildman–Crippen LogP) is -0.288. The first kappa shape index (κ1) is 12.3. The van der Waals surface area contributed by atoms with Gasteiger partial charge in [-0.05, 0) is 13.5 Å². The molecule has 0 saturated carbocycles. The lowest BCUT2D eigenvalue weighted by molar-refractivity contribution is -0.139. The van der Waals surface area contributed by atoms with Crippen molar-refractivity contribution in [3.63, 3.8) is 0 Å². The summed E-state index contributed by atoms with van der Waals surface area (Å²) in [5.74, 6) is -0.849. The Morgan fingerprint density at radius 2 is 2.15 bits per heavy atom. The van der Waals surface area contributed by atoms with Gasteiger partial charge in [-0.2, -0.15) is 0 Å². The maximum atomic E-state index is 10.5. The molecule has 0 aliphatic carbocycles. The zero-order valence-electron chi connectivity index (χ0n) is 8.08. The summed E-state index contributed by atoms with van der Waals surface area (Å²) in [7, 11) is 3.21. The highest BCUT2D eigenvalue weighted by Crippen LogP contribution is 1.92. The maximum absolute atomic E-state index is 10.5. The van der Waals surface area contributed by atoms with Crippen molar-refractivity contribution in [2.45, 2.75) is 12.5 Å². The fourth-order valence-corrected chi connectivity index (χ4v) is 0.837. The summed E-state index contributed by atoms with van der Waals surface area (Å²) in [4.78, 5) is 10.5. The summed E-state index contributed by atoms with van der Waals surface area (Å²) >= 11 is 0. The molecular weight excluding hydrogens is 174 g/mol. The number of carbonyl (C=O) groups is 1. The number of likely N-dealkylation sites (N-methyl/N-ethyl adjacent to an activating group) is 1. The highest BCUT2D eigenvalue weighted by atomic mass is 16.5. The monoisotopic (exact) mass is 191 g/mol. The molecule has 5 nitrogen and oxygen atoms in total. The number of aliphatic carboxylic acids is 1. The normalized spacial score (nSPS) is 12.8. The Balaban J connectivity index is 3.33. The minimum atomic E-state index is -0.849. The van der Waals surface area contributed by atoms with E-state index in [2.05, 4.69) is 5.32 Å². The number of methoxy groups -OCH3 is 1. The molecule has 0 heterocycles. The summed E-state index contributed by atoms with van der Waals surface area (Å²) in [5, 5.41) is 11.3. The Kier molecular flexibility index (Phi) is 7.57. The third kappa shape index (κ3) is 6.51. The molecule has 0 spiro atoms. The quantitative estimate of drug-likeness (QED) is 0.516. The van der Waals surface area contributed by atoms with Gasteiger partial charge in [0.1, 0.15) is 6.04 Å². The molecule has 13 heavy (non-hydrogen) atoms. The van der Waals surface area contributed by atoms with Gasteiger partial charge in [0.05, 0.1) is 13.2 Å². The first-order valence-electron chi connectivity index (χ1n) is 4.19. The zero-order valence-corrected chi connectivity index (χ0v) is 8.08. The van der Waals surface area contributed by atoms with Crippen molar-refractivity contribution in [1.82, 2.24) is 5.32 Å². The van der Waals surface area contributed by atoms with Gasteiger partial charge in [-0.1, -0.05) is 0 Å². The number of carboxylic acid groups (broad SMARTS) is 1. The fraction of sp³-hybridized carbons (Fsp3) is 0.875. The minimum Gasteiger partial charge on any atom is -0.480 e. The first-order valence-corrected chi connectivity index (χ1v) is 4.19. The van der Waals surface area contributed by atoms with Crippen molar-refractivity contribution in [1.29, 1.82) is 0 Å². The van der Waals surface area contributed by atoms with Crippen molar-refractivity contribution in [3.8, 4) is 0 Å². The summed E-state index contributed by atoms with van der Waals surface area (Å²) < 4.78 is 9.89. The lowest BCUT2D eigenvalue weighted by Crippen LogP contribution is -2.34. The average Bonchev–Trinajstić information content (AvgIpc) is 2.10. The molecule has 0 amide bonds. The van der Waals surface area contributed by atoms with Gasteiger partial charge in [0.25, 0.3) is 0 Å². The molecular formula is C8H17NO4. The van der Waals surface area contributed by atoms with E-state index in [0.29, 0.717) is 26.2 Å². The number of hydrogen-bond acceptors (Lipinski definition) is 4. The zero-order chi connectivity index (χ0) is 10.1. The van der Waals surface area contributed by atoms with Crippen LogP contribution in [0, 0.1) is 0 Å². The van der Waals surface area contributed by atoms with E-state index < -0.39 is 12.0 Å². The van der Waals surface area contributed by atoms with Gasteiger partial charge in [-0.15, -0.1) is 0 Å². The Morgan fingerprint density at radius 1 is 1.46 bits per heavy atom. The number of ether oxygens (including phenoxy) is 2. The largest absolute Gasteiger partial charge is 0.480 e. The van der Waals surface area contributed by atoms with E-state index in [0.717, 1.165) is 0 Å². The van der Waals surface area contributed by atoms with Gasteiger partial charge in [-0.25, -0.2) is 0 Å². The number of rotatable bonds is 8. The molecule has 0 bridgehead atoms. The van der Waals surface area contributed by atoms with E-state index in [1.165, 1.54) is 0 Å². The number of hydrogen-bond donors (Lipinski definition) is 2. The van der Waals surface area contributed by atoms with Crippen molar-refractivity contribution in [3.05, 3.63) is 0 Å². The minimum absolute atomic E-state index is 0.432. The highest BCUT2D eigenvalue weighted by Gasteiger charge is 2.13. The lowest BCUT2D eigenvalue weighted by Gasteiger charge is -2.10. The third-order valence-corrected chi connectivity index (χ3v) is 1.63. The molecule has 0 fully saturated rings. The maximum Gasteiger partial charge on any atom is 0.320 e. The molecule has 0 rings (SSSR count). The topological polar surface area (TPSA) is 67.8 Å². The second kappa shape index (κ2) is 7.97. The van der Waals surface area contributed by atoms with Crippen LogP contribution >= 0.6 is 0 Å². The summed E-state index contributed by atoms with van der Waals surface area (Å²) in [6, 6.07) is -0.525. The fourth-order valence-electron chi connectivity index (χ4n) is 0.837. The van der Waals surface area contributed by atoms with Crippen molar-refractivity contribution in [2.75, 3.05) is 34.0 Å². The van der Waals surface area contributed by atoms with Crippen molar-refractivity contribution in [2.24, 2.45) is 0 Å². The molecule has 1 unspecified atom stereocenters. The first-order chi connectivity index (χ1) is 6.22. The van der Waals surface area contributed by atoms with Crippen LogP contribution in [0.15, 0.2) is 0 Å².